The van der Waals surface area contributed by atoms with Gasteiger partial charge in [-0.2, -0.15) is 18.2 Å². The first-order chi connectivity index (χ1) is 7.50. The summed E-state index contributed by atoms with van der Waals surface area (Å²) in [4.78, 5) is 0. The fourth-order valence-corrected chi connectivity index (χ4v) is 1.18. The van der Waals surface area contributed by atoms with E-state index < -0.39 is 0 Å². The third-order valence-corrected chi connectivity index (χ3v) is 1.89. The summed E-state index contributed by atoms with van der Waals surface area (Å²) in [5.41, 5.74) is 0. The molecule has 1 aromatic carbocycles. The smallest absolute Gasteiger partial charge is 0.172 e. The summed E-state index contributed by atoms with van der Waals surface area (Å²) < 4.78 is 0. The maximum atomic E-state index is 4.57. The van der Waals surface area contributed by atoms with Crippen LogP contribution in [0.3, 0.4) is 0 Å². The van der Waals surface area contributed by atoms with Crippen molar-refractivity contribution in [3.05, 3.63) is 54.6 Å². The van der Waals surface area contributed by atoms with Crippen LogP contribution in [-0.4, -0.2) is 0 Å². The summed E-state index contributed by atoms with van der Waals surface area (Å²) in [5.74, 6) is 0. The number of halogens is 1. The van der Waals surface area contributed by atoms with Gasteiger partial charge in [0.15, 0.2) is 0 Å². The average molecular weight is 310 g/mol. The molecule has 0 amide bonds. The Morgan fingerprint density at radius 3 is 1.27 bits per heavy atom. The Hall–Kier alpha value is -0.257. The summed E-state index contributed by atoms with van der Waals surface area (Å²) in [6.07, 6.45) is 14.0. The summed E-state index contributed by atoms with van der Waals surface area (Å²) in [5, 5.41) is 0. The molecule has 0 N–H and O–H groups in total. The van der Waals surface area contributed by atoms with Crippen LogP contribution in [0.5, 0.6) is 0 Å². The Kier molecular flexibility index (Phi) is 13.5. The first kappa shape index (κ1) is 14.7. The van der Waals surface area contributed by atoms with Crippen LogP contribution in [0.1, 0.15) is 25.7 Å². The van der Waals surface area contributed by atoms with Crippen LogP contribution in [0.25, 0.3) is 0 Å². The van der Waals surface area contributed by atoms with Gasteiger partial charge in [0.1, 0.15) is 0 Å². The molecule has 0 saturated heterocycles. The molecule has 0 unspecified atom stereocenters. The van der Waals surface area contributed by atoms with Gasteiger partial charge in [-0.25, -0.2) is 12.1 Å². The van der Waals surface area contributed by atoms with Gasteiger partial charge in [0.05, 0.1) is 0 Å². The summed E-state index contributed by atoms with van der Waals surface area (Å²) >= 11 is 1.82. The van der Waals surface area contributed by atoms with Crippen molar-refractivity contribution in [3.63, 3.8) is 0 Å². The van der Waals surface area contributed by atoms with Crippen molar-refractivity contribution >= 4 is 9.69 Å². The monoisotopic (exact) mass is 310 g/mol. The fourth-order valence-electron chi connectivity index (χ4n) is 1.18. The zero-order valence-corrected chi connectivity index (χ0v) is 11.3. The van der Waals surface area contributed by atoms with E-state index in [1.807, 2.05) is 47.6 Å². The molecule has 1 aromatic rings. The number of hydrogen-bond acceptors (Lipinski definition) is 0. The van der Waals surface area contributed by atoms with Gasteiger partial charge in [-0.15, -0.1) is 0 Å². The van der Waals surface area contributed by atoms with Crippen molar-refractivity contribution in [2.24, 2.45) is 0 Å². The quantitative estimate of drug-likeness (QED) is 0.368. The van der Waals surface area contributed by atoms with Crippen LogP contribution < -0.4 is 0 Å². The van der Waals surface area contributed by atoms with Crippen LogP contribution in [0, 0.1) is 0 Å². The Morgan fingerprint density at radius 1 is 0.733 bits per heavy atom. The second-order valence-corrected chi connectivity index (χ2v) is 3.06. The number of rotatable bonds is 0. The normalized spacial score (nSPS) is 15.9. The van der Waals surface area contributed by atoms with Crippen molar-refractivity contribution in [3.8, 4) is 0 Å². The molecule has 1 aliphatic rings. The summed E-state index contributed by atoms with van der Waals surface area (Å²) in [6.45, 7) is 0. The molecule has 2 rings (SSSR count). The molecule has 0 heterocycles. The third kappa shape index (κ3) is 11.7. The van der Waals surface area contributed by atoms with E-state index in [1.165, 1.54) is 25.7 Å². The van der Waals surface area contributed by atoms with Crippen LogP contribution in [0.15, 0.2) is 54.6 Å². The molecule has 0 radical (unpaired) electrons. The van der Waals surface area contributed by atoms with E-state index in [9.17, 15) is 0 Å². The average Bonchev–Trinajstić information content (AvgIpc) is 2.77. The molecule has 84 valence electrons. The molecule has 0 spiro atoms. The molecular formula is C13H17ClRu. The first-order valence-corrected chi connectivity index (χ1v) is 7.34. The fraction of sp³-hybridized carbons (Fsp3) is 0.308. The molecule has 1 aliphatic carbocycles. The molecule has 0 atom stereocenters. The molecule has 15 heavy (non-hydrogen) atoms. The summed E-state index contributed by atoms with van der Waals surface area (Å²) in [6, 6.07) is 10.0. The Balaban J connectivity index is 0.000000241. The van der Waals surface area contributed by atoms with E-state index in [2.05, 4.69) is 34.0 Å². The summed E-state index contributed by atoms with van der Waals surface area (Å²) in [7, 11) is 4.57. The Bertz CT molecular complexity index is 194. The van der Waals surface area contributed by atoms with Gasteiger partial charge in [0.25, 0.3) is 0 Å². The predicted molar refractivity (Wildman–Crippen MR) is 64.6 cm³/mol. The van der Waals surface area contributed by atoms with Crippen LogP contribution >= 0.6 is 9.69 Å². The van der Waals surface area contributed by atoms with Crippen LogP contribution in [0.2, 0.25) is 0 Å². The predicted octanol–water partition coefficient (Wildman–Crippen LogP) is 4.77. The van der Waals surface area contributed by atoms with Gasteiger partial charge in [-0.1, -0.05) is 24.3 Å². The molecule has 0 bridgehead atoms. The first-order valence-electron chi connectivity index (χ1n) is 5.10. The van der Waals surface area contributed by atoms with E-state index in [0.29, 0.717) is 0 Å². The minimum Gasteiger partial charge on any atom is -0.214 e. The van der Waals surface area contributed by atoms with Gasteiger partial charge in [0, 0.05) is 0 Å². The van der Waals surface area contributed by atoms with E-state index in [1.54, 1.807) is 0 Å². The van der Waals surface area contributed by atoms with Gasteiger partial charge in [-0.3, -0.25) is 0 Å². The van der Waals surface area contributed by atoms with Gasteiger partial charge in [-0.05, 0) is 25.7 Å². The Morgan fingerprint density at radius 2 is 1.07 bits per heavy atom. The van der Waals surface area contributed by atoms with E-state index >= 15 is 0 Å². The van der Waals surface area contributed by atoms with Crippen LogP contribution in [0.4, 0.5) is 0 Å². The van der Waals surface area contributed by atoms with Crippen molar-refractivity contribution in [2.75, 3.05) is 0 Å². The third-order valence-electron chi connectivity index (χ3n) is 1.89. The number of hydrogen-bond donors (Lipinski definition) is 0. The van der Waals surface area contributed by atoms with E-state index in [-0.39, 0.29) is 0 Å². The molecule has 2 heteroatoms. The van der Waals surface area contributed by atoms with Gasteiger partial charge >= 0.3 is 27.0 Å². The number of allylic oxidation sites excluding steroid dienone is 4. The molecule has 0 aromatic heterocycles. The van der Waals surface area contributed by atoms with Gasteiger partial charge < -0.3 is 0 Å². The zero-order chi connectivity index (χ0) is 11.2. The standard InChI is InChI=1S/C8H12.C5H5.ClH.Ru/c1-2-4-6-8-7-5-3-1;1-2-4-5-3-1;;/h1-2,7-8H,3-6H2;1-5H;1H;/q;-1;;+2/p-1/b2-1-,8-7?;;;. The van der Waals surface area contributed by atoms with Gasteiger partial charge in [0.2, 0.25) is 0 Å². The largest absolute Gasteiger partial charge is 0.214 e. The second kappa shape index (κ2) is 13.7. The van der Waals surface area contributed by atoms with Crippen molar-refractivity contribution in [2.45, 2.75) is 25.7 Å². The molecule has 0 fully saturated rings. The maximum Gasteiger partial charge on any atom is -0.172 e. The van der Waals surface area contributed by atoms with Crippen molar-refractivity contribution in [1.82, 2.24) is 0 Å². The van der Waals surface area contributed by atoms with Crippen LogP contribution in [-0.2, 0) is 17.3 Å². The molecular weight excluding hydrogens is 293 g/mol. The minimum atomic E-state index is 1.23. The zero-order valence-electron chi connectivity index (χ0n) is 8.76. The van der Waals surface area contributed by atoms with E-state index in [4.69, 9.17) is 0 Å². The molecule has 0 nitrogen and oxygen atoms in total. The van der Waals surface area contributed by atoms with E-state index in [0.717, 1.165) is 0 Å². The molecule has 0 saturated carbocycles. The SMILES string of the molecule is C1=CCC/C=C\CC1.[Cl][Ru+].c1cc[cH-]c1. The molecule has 0 aliphatic heterocycles. The van der Waals surface area contributed by atoms with Crippen molar-refractivity contribution < 1.29 is 17.3 Å². The van der Waals surface area contributed by atoms with Crippen molar-refractivity contribution in [1.29, 1.82) is 0 Å². The second-order valence-electron chi connectivity index (χ2n) is 3.06. The minimum absolute atomic E-state index is 1.23. The maximum absolute atomic E-state index is 4.57. The topological polar surface area (TPSA) is 0 Å². The Labute approximate surface area is 107 Å².